The molecule has 0 amide bonds. The molecule has 4 nitrogen and oxygen atoms in total. The van der Waals surface area contributed by atoms with Crippen molar-refractivity contribution >= 4 is 33.4 Å². The van der Waals surface area contributed by atoms with Crippen LogP contribution in [0.1, 0.15) is 12.5 Å². The maximum Gasteiger partial charge on any atom is 0.283 e. The van der Waals surface area contributed by atoms with Gasteiger partial charge in [0.1, 0.15) is 0 Å². The van der Waals surface area contributed by atoms with Gasteiger partial charge in [0.15, 0.2) is 0 Å². The van der Waals surface area contributed by atoms with Gasteiger partial charge in [0.2, 0.25) is 0 Å². The lowest BCUT2D eigenvalue weighted by atomic mass is 10.2. The number of hydrogen-bond acceptors (Lipinski definition) is 4. The van der Waals surface area contributed by atoms with E-state index in [1.54, 1.807) is 12.1 Å². The highest BCUT2D eigenvalue weighted by molar-refractivity contribution is 9.10. The maximum atomic E-state index is 11.0. The predicted octanol–water partition coefficient (Wildman–Crippen LogP) is 4.62. The minimum Gasteiger partial charge on any atom is -0.313 e. The standard InChI is InChI=1S/C15H15BrN2O2S/c1-2-17-10-11-7-8-12(9-13(11)16)21-15-6-4-3-5-14(15)18(19)20/h3-9,17H,2,10H2,1H3. The summed E-state index contributed by atoms with van der Waals surface area (Å²) in [6.45, 7) is 3.78. The van der Waals surface area contributed by atoms with E-state index in [9.17, 15) is 10.1 Å². The van der Waals surface area contributed by atoms with Crippen LogP contribution in [0.4, 0.5) is 5.69 Å². The molecule has 0 aliphatic carbocycles. The smallest absolute Gasteiger partial charge is 0.283 e. The van der Waals surface area contributed by atoms with Gasteiger partial charge in [-0.1, -0.05) is 52.8 Å². The van der Waals surface area contributed by atoms with Gasteiger partial charge >= 0.3 is 0 Å². The number of para-hydroxylation sites is 1. The van der Waals surface area contributed by atoms with Crippen molar-refractivity contribution < 1.29 is 4.92 Å². The van der Waals surface area contributed by atoms with Crippen LogP contribution in [-0.2, 0) is 6.54 Å². The van der Waals surface area contributed by atoms with E-state index in [2.05, 4.69) is 28.2 Å². The molecule has 2 aromatic carbocycles. The lowest BCUT2D eigenvalue weighted by molar-refractivity contribution is -0.387. The predicted molar refractivity (Wildman–Crippen MR) is 88.7 cm³/mol. The molecule has 0 aliphatic heterocycles. The van der Waals surface area contributed by atoms with Crippen LogP contribution in [0.25, 0.3) is 0 Å². The molecule has 0 saturated carbocycles. The lowest BCUT2D eigenvalue weighted by Gasteiger charge is -2.08. The Kier molecular flexibility index (Phi) is 5.78. The zero-order chi connectivity index (χ0) is 15.2. The highest BCUT2D eigenvalue weighted by Crippen LogP contribution is 2.36. The number of halogens is 1. The molecule has 2 rings (SSSR count). The van der Waals surface area contributed by atoms with Crippen molar-refractivity contribution in [3.8, 4) is 0 Å². The zero-order valence-electron chi connectivity index (χ0n) is 11.5. The average molecular weight is 367 g/mol. The van der Waals surface area contributed by atoms with Crippen LogP contribution in [0.5, 0.6) is 0 Å². The van der Waals surface area contributed by atoms with Crippen LogP contribution in [0.2, 0.25) is 0 Å². The van der Waals surface area contributed by atoms with Gasteiger partial charge in [-0.2, -0.15) is 0 Å². The second-order valence-electron chi connectivity index (χ2n) is 4.36. The van der Waals surface area contributed by atoms with E-state index in [1.165, 1.54) is 23.4 Å². The van der Waals surface area contributed by atoms with Gasteiger partial charge < -0.3 is 5.32 Å². The number of nitrogens with zero attached hydrogens (tertiary/aromatic N) is 1. The third-order valence-corrected chi connectivity index (χ3v) is 4.67. The van der Waals surface area contributed by atoms with Crippen LogP contribution < -0.4 is 5.32 Å². The Morgan fingerprint density at radius 3 is 2.71 bits per heavy atom. The number of hydrogen-bond donors (Lipinski definition) is 1. The van der Waals surface area contributed by atoms with Crippen molar-refractivity contribution in [3.63, 3.8) is 0 Å². The Hall–Kier alpha value is -1.37. The first-order chi connectivity index (χ1) is 10.1. The topological polar surface area (TPSA) is 55.2 Å². The molecule has 0 bridgehead atoms. The fourth-order valence-corrected chi connectivity index (χ4v) is 3.45. The Morgan fingerprint density at radius 1 is 1.29 bits per heavy atom. The molecular formula is C15H15BrN2O2S. The minimum absolute atomic E-state index is 0.135. The Bertz CT molecular complexity index is 649. The molecule has 2 aromatic rings. The summed E-state index contributed by atoms with van der Waals surface area (Å²) in [5.74, 6) is 0. The summed E-state index contributed by atoms with van der Waals surface area (Å²) in [4.78, 5) is 12.3. The first-order valence-electron chi connectivity index (χ1n) is 6.52. The number of nitrogens with one attached hydrogen (secondary N) is 1. The number of benzene rings is 2. The molecule has 0 fully saturated rings. The van der Waals surface area contributed by atoms with Crippen LogP contribution in [0.15, 0.2) is 56.7 Å². The highest BCUT2D eigenvalue weighted by atomic mass is 79.9. The number of nitro groups is 1. The molecule has 0 radical (unpaired) electrons. The van der Waals surface area contributed by atoms with E-state index in [4.69, 9.17) is 0 Å². The number of rotatable bonds is 6. The van der Waals surface area contributed by atoms with Crippen molar-refractivity contribution in [3.05, 3.63) is 62.6 Å². The summed E-state index contributed by atoms with van der Waals surface area (Å²) in [7, 11) is 0. The van der Waals surface area contributed by atoms with E-state index in [0.717, 1.165) is 22.5 Å². The van der Waals surface area contributed by atoms with Gasteiger partial charge in [-0.15, -0.1) is 0 Å². The van der Waals surface area contributed by atoms with Crippen molar-refractivity contribution in [2.45, 2.75) is 23.3 Å². The monoisotopic (exact) mass is 366 g/mol. The fourth-order valence-electron chi connectivity index (χ4n) is 1.82. The molecule has 0 aromatic heterocycles. The molecule has 1 N–H and O–H groups in total. The molecule has 0 unspecified atom stereocenters. The third-order valence-electron chi connectivity index (χ3n) is 2.88. The minimum atomic E-state index is -0.350. The summed E-state index contributed by atoms with van der Waals surface area (Å²) in [6.07, 6.45) is 0. The van der Waals surface area contributed by atoms with Gasteiger partial charge in [-0.05, 0) is 30.3 Å². The zero-order valence-corrected chi connectivity index (χ0v) is 13.9. The van der Waals surface area contributed by atoms with Crippen LogP contribution in [0, 0.1) is 10.1 Å². The van der Waals surface area contributed by atoms with E-state index in [1.807, 2.05) is 24.3 Å². The number of nitro benzene ring substituents is 1. The second kappa shape index (κ2) is 7.59. The Labute approximate surface area is 136 Å². The van der Waals surface area contributed by atoms with Crippen molar-refractivity contribution in [2.24, 2.45) is 0 Å². The molecule has 0 spiro atoms. The molecular weight excluding hydrogens is 352 g/mol. The Balaban J connectivity index is 2.21. The summed E-state index contributed by atoms with van der Waals surface area (Å²) in [6, 6.07) is 12.8. The third kappa shape index (κ3) is 4.30. The van der Waals surface area contributed by atoms with E-state index >= 15 is 0 Å². The molecule has 110 valence electrons. The quantitative estimate of drug-likeness (QED) is 0.598. The van der Waals surface area contributed by atoms with E-state index in [-0.39, 0.29) is 10.6 Å². The Morgan fingerprint density at radius 2 is 2.05 bits per heavy atom. The molecule has 0 atom stereocenters. The summed E-state index contributed by atoms with van der Waals surface area (Å²) < 4.78 is 1.01. The maximum absolute atomic E-state index is 11.0. The summed E-state index contributed by atoms with van der Waals surface area (Å²) in [5, 5.41) is 14.3. The second-order valence-corrected chi connectivity index (χ2v) is 6.33. The largest absolute Gasteiger partial charge is 0.313 e. The van der Waals surface area contributed by atoms with E-state index in [0.29, 0.717) is 4.90 Å². The van der Waals surface area contributed by atoms with Crippen LogP contribution in [-0.4, -0.2) is 11.5 Å². The molecule has 21 heavy (non-hydrogen) atoms. The van der Waals surface area contributed by atoms with Crippen LogP contribution in [0.3, 0.4) is 0 Å². The first kappa shape index (κ1) is 16.0. The van der Waals surface area contributed by atoms with Gasteiger partial charge in [0, 0.05) is 22.0 Å². The van der Waals surface area contributed by atoms with Crippen molar-refractivity contribution in [2.75, 3.05) is 6.54 Å². The molecule has 6 heteroatoms. The molecule has 0 saturated heterocycles. The van der Waals surface area contributed by atoms with Crippen molar-refractivity contribution in [1.29, 1.82) is 0 Å². The normalized spacial score (nSPS) is 10.6. The summed E-state index contributed by atoms with van der Waals surface area (Å²) >= 11 is 4.95. The van der Waals surface area contributed by atoms with E-state index < -0.39 is 0 Å². The molecule has 0 heterocycles. The highest BCUT2D eigenvalue weighted by Gasteiger charge is 2.13. The van der Waals surface area contributed by atoms with Gasteiger partial charge in [0.25, 0.3) is 5.69 Å². The SMILES string of the molecule is CCNCc1ccc(Sc2ccccc2[N+](=O)[O-])cc1Br. The lowest BCUT2D eigenvalue weighted by Crippen LogP contribution is -2.11. The first-order valence-corrected chi connectivity index (χ1v) is 8.13. The van der Waals surface area contributed by atoms with Gasteiger partial charge in [-0.25, -0.2) is 0 Å². The van der Waals surface area contributed by atoms with Crippen molar-refractivity contribution in [1.82, 2.24) is 5.32 Å². The average Bonchev–Trinajstić information content (AvgIpc) is 2.47. The van der Waals surface area contributed by atoms with Gasteiger partial charge in [-0.3, -0.25) is 10.1 Å². The molecule has 0 aliphatic rings. The van der Waals surface area contributed by atoms with Crippen LogP contribution >= 0.6 is 27.7 Å². The summed E-state index contributed by atoms with van der Waals surface area (Å²) in [5.41, 5.74) is 1.30. The fraction of sp³-hybridized carbons (Fsp3) is 0.200. The van der Waals surface area contributed by atoms with Gasteiger partial charge in [0.05, 0.1) is 9.82 Å².